The summed E-state index contributed by atoms with van der Waals surface area (Å²) in [6.45, 7) is 19.4. The highest BCUT2D eigenvalue weighted by Gasteiger charge is 2.40. The highest BCUT2D eigenvalue weighted by Crippen LogP contribution is 2.22. The number of amides is 7. The molecule has 0 spiro atoms. The van der Waals surface area contributed by atoms with E-state index >= 15 is 0 Å². The first-order valence-electron chi connectivity index (χ1n) is 24.2. The summed E-state index contributed by atoms with van der Waals surface area (Å²) in [7, 11) is 0. The van der Waals surface area contributed by atoms with E-state index in [-0.39, 0.29) is 69.9 Å². The highest BCUT2D eigenvalue weighted by molar-refractivity contribution is 5.97. The Bertz CT molecular complexity index is 2070. The van der Waals surface area contributed by atoms with Crippen molar-refractivity contribution in [2.75, 3.05) is 19.7 Å². The quantitative estimate of drug-likeness (QED) is 0.0459. The number of likely N-dealkylation sites (tertiary alicyclic amines) is 1. The smallest absolute Gasteiger partial charge is 0.408 e. The van der Waals surface area contributed by atoms with Crippen LogP contribution in [0.15, 0.2) is 54.6 Å². The number of nitrogens with zero attached hydrogens (tertiary/aromatic N) is 1. The topological polar surface area (TPSA) is 260 Å². The molecule has 7 N–H and O–H groups in total. The number of esters is 1. The maximum Gasteiger partial charge on any atom is 0.408 e. The number of hydrogen-bond acceptors (Lipinski definition) is 12. The van der Waals surface area contributed by atoms with Crippen LogP contribution in [0.1, 0.15) is 119 Å². The first-order valence-corrected chi connectivity index (χ1v) is 24.2. The zero-order chi connectivity index (χ0) is 52.3. The first kappa shape index (κ1) is 57.9. The van der Waals surface area contributed by atoms with E-state index < -0.39 is 101 Å². The lowest BCUT2D eigenvalue weighted by Gasteiger charge is -2.31. The van der Waals surface area contributed by atoms with E-state index in [0.717, 1.165) is 5.56 Å². The monoisotopic (exact) mass is 980 g/mol. The molecule has 2 aromatic rings. The van der Waals surface area contributed by atoms with Crippen molar-refractivity contribution < 1.29 is 57.7 Å². The van der Waals surface area contributed by atoms with E-state index in [1.807, 2.05) is 44.2 Å². The molecular weight excluding hydrogens is 903 g/mol. The zero-order valence-electron chi connectivity index (χ0n) is 42.8. The largest absolute Gasteiger partial charge is 0.508 e. The van der Waals surface area contributed by atoms with Gasteiger partial charge in [0.25, 0.3) is 0 Å². The van der Waals surface area contributed by atoms with Gasteiger partial charge in [0.1, 0.15) is 53.2 Å². The molecule has 2 aromatic carbocycles. The van der Waals surface area contributed by atoms with Crippen LogP contribution in [0.2, 0.25) is 0 Å². The van der Waals surface area contributed by atoms with Crippen LogP contribution < -0.4 is 31.9 Å². The van der Waals surface area contributed by atoms with Gasteiger partial charge in [0.05, 0.1) is 6.61 Å². The maximum absolute atomic E-state index is 14.4. The van der Waals surface area contributed by atoms with E-state index in [0.29, 0.717) is 12.0 Å². The Morgan fingerprint density at radius 2 is 1.26 bits per heavy atom. The van der Waals surface area contributed by atoms with Crippen molar-refractivity contribution in [3.05, 3.63) is 65.7 Å². The number of aromatic hydroxyl groups is 1. The number of phenolic OH excluding ortho intramolecular Hbond substituents is 1. The normalized spacial score (nSPS) is 15.9. The van der Waals surface area contributed by atoms with Crippen molar-refractivity contribution in [3.8, 4) is 5.75 Å². The van der Waals surface area contributed by atoms with Crippen LogP contribution in [-0.4, -0.2) is 125 Å². The van der Waals surface area contributed by atoms with Gasteiger partial charge in [-0.3, -0.25) is 24.0 Å². The van der Waals surface area contributed by atoms with Gasteiger partial charge < -0.3 is 56.1 Å². The van der Waals surface area contributed by atoms with Gasteiger partial charge in [0.15, 0.2) is 0 Å². The summed E-state index contributed by atoms with van der Waals surface area (Å²) in [4.78, 5) is 111. The predicted molar refractivity (Wildman–Crippen MR) is 262 cm³/mol. The standard InChI is InChI=1S/C51H77N7O12/c1-12-68-47(65)39(28-31(2)3)55-42(60)36(20-16-26-52-48(66)69-50(6,7)8)53-45(63)41(32(4)5)57-43(61)37(29-34-22-24-35(59)25-23-34)54-44(62)40-21-17-27-58(40)46(64)38(30-33-18-14-13-15-19-33)56-49(67)70-51(9,10)11/h13-15,18-19,22-25,31-32,36-41,59H,12,16-17,20-21,26-30H2,1-11H3,(H,52,66)(H,53,63)(H,54,62)(H,55,60)(H,56,67)(H,57,61)/t36-,37-,38-,39-,40-,41-/m0/s1. The molecular formula is C51H77N7O12. The molecule has 70 heavy (non-hydrogen) atoms. The summed E-state index contributed by atoms with van der Waals surface area (Å²) in [5.74, 6) is -4.53. The molecule has 19 heteroatoms. The molecule has 1 aliphatic rings. The fourth-order valence-electron chi connectivity index (χ4n) is 7.68. The number of phenols is 1. The first-order chi connectivity index (χ1) is 32.8. The molecule has 0 unspecified atom stereocenters. The van der Waals surface area contributed by atoms with E-state index in [9.17, 15) is 43.5 Å². The molecule has 3 rings (SSSR count). The summed E-state index contributed by atoms with van der Waals surface area (Å²) in [6.07, 6.45) is -0.232. The summed E-state index contributed by atoms with van der Waals surface area (Å²) < 4.78 is 16.0. The molecule has 0 aromatic heterocycles. The Kier molecular flexibility index (Phi) is 22.4. The zero-order valence-corrected chi connectivity index (χ0v) is 42.8. The highest BCUT2D eigenvalue weighted by atomic mass is 16.6. The minimum atomic E-state index is -1.30. The number of nitrogens with one attached hydrogen (secondary N) is 6. The number of ether oxygens (including phenoxy) is 3. The van der Waals surface area contributed by atoms with Gasteiger partial charge in [-0.25, -0.2) is 14.4 Å². The van der Waals surface area contributed by atoms with Crippen molar-refractivity contribution in [2.45, 2.75) is 169 Å². The third kappa shape index (κ3) is 20.3. The minimum Gasteiger partial charge on any atom is -0.508 e. The van der Waals surface area contributed by atoms with E-state index in [1.54, 1.807) is 74.4 Å². The molecule has 7 amide bonds. The molecule has 1 heterocycles. The lowest BCUT2D eigenvalue weighted by Crippen LogP contribution is -2.60. The Morgan fingerprint density at radius 3 is 1.84 bits per heavy atom. The van der Waals surface area contributed by atoms with Gasteiger partial charge >= 0.3 is 18.2 Å². The number of rotatable bonds is 23. The Hall–Kier alpha value is -6.40. The minimum absolute atomic E-state index is 0.00808. The maximum atomic E-state index is 14.4. The van der Waals surface area contributed by atoms with Crippen LogP contribution in [-0.2, 0) is 55.8 Å². The van der Waals surface area contributed by atoms with E-state index in [1.165, 1.54) is 17.0 Å². The third-order valence-corrected chi connectivity index (χ3v) is 10.9. The lowest BCUT2D eigenvalue weighted by molar-refractivity contribution is -0.148. The van der Waals surface area contributed by atoms with Crippen LogP contribution in [0.25, 0.3) is 0 Å². The van der Waals surface area contributed by atoms with E-state index in [2.05, 4.69) is 31.9 Å². The molecule has 388 valence electrons. The second-order valence-corrected chi connectivity index (χ2v) is 20.3. The van der Waals surface area contributed by atoms with Crippen molar-refractivity contribution >= 4 is 47.7 Å². The molecule has 6 atom stereocenters. The van der Waals surface area contributed by atoms with Gasteiger partial charge in [-0.05, 0) is 116 Å². The fraction of sp³-hybridized carbons (Fsp3) is 0.608. The average Bonchev–Trinajstić information content (AvgIpc) is 3.75. The van der Waals surface area contributed by atoms with Gasteiger partial charge in [-0.15, -0.1) is 0 Å². The molecule has 0 radical (unpaired) electrons. The molecule has 1 fully saturated rings. The molecule has 1 aliphatic heterocycles. The van der Waals surface area contributed by atoms with Crippen molar-refractivity contribution in [3.63, 3.8) is 0 Å². The van der Waals surface area contributed by atoms with Crippen molar-refractivity contribution in [1.29, 1.82) is 0 Å². The van der Waals surface area contributed by atoms with Crippen LogP contribution in [0.5, 0.6) is 5.75 Å². The third-order valence-electron chi connectivity index (χ3n) is 10.9. The lowest BCUT2D eigenvalue weighted by atomic mass is 9.99. The van der Waals surface area contributed by atoms with Gasteiger partial charge in [0, 0.05) is 25.9 Å². The molecule has 0 saturated carbocycles. The van der Waals surface area contributed by atoms with Crippen LogP contribution in [0.3, 0.4) is 0 Å². The van der Waals surface area contributed by atoms with Gasteiger partial charge in [0.2, 0.25) is 29.5 Å². The summed E-state index contributed by atoms with van der Waals surface area (Å²) in [5, 5.41) is 26.4. The number of carbonyl (C=O) groups is 8. The Balaban J connectivity index is 1.90. The van der Waals surface area contributed by atoms with Crippen LogP contribution >= 0.6 is 0 Å². The fourth-order valence-corrected chi connectivity index (χ4v) is 7.68. The molecule has 0 aliphatic carbocycles. The molecule has 1 saturated heterocycles. The van der Waals surface area contributed by atoms with Crippen LogP contribution in [0, 0.1) is 11.8 Å². The summed E-state index contributed by atoms with van der Waals surface area (Å²) >= 11 is 0. The van der Waals surface area contributed by atoms with Crippen molar-refractivity contribution in [1.82, 2.24) is 36.8 Å². The Morgan fingerprint density at radius 1 is 0.686 bits per heavy atom. The molecule has 0 bridgehead atoms. The van der Waals surface area contributed by atoms with Gasteiger partial charge in [-0.1, -0.05) is 70.2 Å². The Labute approximate surface area is 412 Å². The predicted octanol–water partition coefficient (Wildman–Crippen LogP) is 4.57. The van der Waals surface area contributed by atoms with Gasteiger partial charge in [-0.2, -0.15) is 0 Å². The second kappa shape index (κ2) is 27.1. The number of benzene rings is 2. The van der Waals surface area contributed by atoms with Crippen LogP contribution in [0.4, 0.5) is 9.59 Å². The summed E-state index contributed by atoms with van der Waals surface area (Å²) in [6, 6.07) is 8.20. The summed E-state index contributed by atoms with van der Waals surface area (Å²) in [5.41, 5.74) is -0.266. The van der Waals surface area contributed by atoms with Crippen molar-refractivity contribution in [2.24, 2.45) is 11.8 Å². The molecule has 19 nitrogen and oxygen atoms in total. The number of carbonyl (C=O) groups excluding carboxylic acids is 8. The second-order valence-electron chi connectivity index (χ2n) is 20.3. The van der Waals surface area contributed by atoms with E-state index in [4.69, 9.17) is 14.2 Å². The average molecular weight is 980 g/mol. The number of alkyl carbamates (subject to hydrolysis) is 2. The SMILES string of the molecule is CCOC(=O)[C@H](CC(C)C)NC(=O)[C@H](CCCNC(=O)OC(C)(C)C)NC(=O)[C@@H](NC(=O)[C@H](Cc1ccc(O)cc1)NC(=O)[C@@H]1CCCN1C(=O)[C@H](Cc1ccccc1)NC(=O)OC(C)(C)C)C(C)C. The number of hydrogen-bond donors (Lipinski definition) is 7.